The average molecular weight is 509 g/mol. The van der Waals surface area contributed by atoms with Gasteiger partial charge < -0.3 is 15.4 Å². The number of carbonyl (C=O) groups is 1. The summed E-state index contributed by atoms with van der Waals surface area (Å²) in [6, 6.07) is 20.4. The lowest BCUT2D eigenvalue weighted by Gasteiger charge is -2.27. The molecule has 0 aliphatic carbocycles. The molecule has 1 aliphatic heterocycles. The highest BCUT2D eigenvalue weighted by molar-refractivity contribution is 6.10. The maximum Gasteiger partial charge on any atom is 0.323 e. The first-order valence-electron chi connectivity index (χ1n) is 13.2. The van der Waals surface area contributed by atoms with Crippen molar-refractivity contribution in [1.29, 1.82) is 0 Å². The van der Waals surface area contributed by atoms with Crippen LogP contribution in [0.1, 0.15) is 37.5 Å². The molecule has 0 saturated carbocycles. The number of aryl methyl sites for hydroxylation is 1. The molecule has 38 heavy (non-hydrogen) atoms. The molecule has 1 aliphatic rings. The summed E-state index contributed by atoms with van der Waals surface area (Å²) >= 11 is 0. The second kappa shape index (κ2) is 10.9. The van der Waals surface area contributed by atoms with Gasteiger partial charge in [-0.25, -0.2) is 4.79 Å². The van der Waals surface area contributed by atoms with Crippen LogP contribution in [0.25, 0.3) is 21.9 Å². The molecule has 1 fully saturated rings. The number of pyridine rings is 1. The van der Waals surface area contributed by atoms with Crippen LogP contribution in [0.5, 0.6) is 0 Å². The quantitative estimate of drug-likeness (QED) is 0.305. The summed E-state index contributed by atoms with van der Waals surface area (Å²) in [5.74, 6) is 0. The predicted molar refractivity (Wildman–Crippen MR) is 156 cm³/mol. The van der Waals surface area contributed by atoms with Crippen molar-refractivity contribution in [2.45, 2.75) is 39.7 Å². The number of carbonyl (C=O) groups excluding carboxylic acids is 1. The van der Waals surface area contributed by atoms with E-state index in [1.54, 1.807) is 0 Å². The molecule has 1 saturated heterocycles. The van der Waals surface area contributed by atoms with E-state index >= 15 is 0 Å². The molecule has 6 nitrogen and oxygen atoms in total. The minimum Gasteiger partial charge on any atom is -0.379 e. The number of urea groups is 1. The molecule has 4 aromatic rings. The van der Waals surface area contributed by atoms with Crippen LogP contribution < -0.4 is 10.6 Å². The zero-order valence-corrected chi connectivity index (χ0v) is 22.7. The molecule has 0 atom stereocenters. The van der Waals surface area contributed by atoms with Gasteiger partial charge in [0.15, 0.2) is 0 Å². The number of hydrogen-bond acceptors (Lipinski definition) is 4. The van der Waals surface area contributed by atoms with E-state index in [0.717, 1.165) is 71.7 Å². The van der Waals surface area contributed by atoms with E-state index in [1.807, 2.05) is 37.5 Å². The van der Waals surface area contributed by atoms with E-state index < -0.39 is 0 Å². The summed E-state index contributed by atoms with van der Waals surface area (Å²) in [7, 11) is 0. The molecule has 0 bridgehead atoms. The second-order valence-corrected chi connectivity index (χ2v) is 11.0. The minimum atomic E-state index is -0.258. The lowest BCUT2D eigenvalue weighted by Crippen LogP contribution is -2.35. The number of ether oxygens (including phenoxy) is 1. The smallest absolute Gasteiger partial charge is 0.323 e. The number of aromatic nitrogens is 1. The standard InChI is InChI=1S/C32H36N4O2/c1-22-9-10-24(32(2,3)4)19-30(22)35-31(37)34-29-12-11-26(25-7-5-6-8-27(25)29)28-20-33-14-13-23(28)21-36-15-17-38-18-16-36/h5-14,19-20H,15-18,21H2,1-4H3,(H2,34,35,37). The van der Waals surface area contributed by atoms with Crippen molar-refractivity contribution >= 4 is 28.2 Å². The van der Waals surface area contributed by atoms with Crippen LogP contribution in [-0.4, -0.2) is 42.2 Å². The summed E-state index contributed by atoms with van der Waals surface area (Å²) in [5, 5.41) is 8.21. The van der Waals surface area contributed by atoms with Gasteiger partial charge in [0, 0.05) is 48.7 Å². The van der Waals surface area contributed by atoms with Crippen LogP contribution in [0.2, 0.25) is 0 Å². The van der Waals surface area contributed by atoms with Gasteiger partial charge in [0.1, 0.15) is 0 Å². The molecule has 1 aromatic heterocycles. The molecule has 6 heteroatoms. The average Bonchev–Trinajstić information content (AvgIpc) is 2.91. The van der Waals surface area contributed by atoms with E-state index in [0.29, 0.717) is 0 Å². The molecule has 2 amide bonds. The van der Waals surface area contributed by atoms with Crippen LogP contribution in [0.15, 0.2) is 73.1 Å². The lowest BCUT2D eigenvalue weighted by molar-refractivity contribution is 0.0342. The third-order valence-electron chi connectivity index (χ3n) is 7.22. The van der Waals surface area contributed by atoms with Gasteiger partial charge in [-0.3, -0.25) is 9.88 Å². The van der Waals surface area contributed by atoms with Crippen LogP contribution in [0.3, 0.4) is 0 Å². The monoisotopic (exact) mass is 508 g/mol. The van der Waals surface area contributed by atoms with Crippen molar-refractivity contribution in [2.75, 3.05) is 36.9 Å². The minimum absolute atomic E-state index is 0.000432. The maximum atomic E-state index is 13.1. The predicted octanol–water partition coefficient (Wildman–Crippen LogP) is 6.98. The third kappa shape index (κ3) is 5.72. The molecular formula is C32H36N4O2. The molecule has 5 rings (SSSR count). The van der Waals surface area contributed by atoms with E-state index in [4.69, 9.17) is 4.74 Å². The number of hydrogen-bond donors (Lipinski definition) is 2. The summed E-state index contributed by atoms with van der Waals surface area (Å²) in [6.07, 6.45) is 3.81. The highest BCUT2D eigenvalue weighted by Gasteiger charge is 2.18. The first-order valence-corrected chi connectivity index (χ1v) is 13.2. The van der Waals surface area contributed by atoms with Crippen molar-refractivity contribution in [3.63, 3.8) is 0 Å². The second-order valence-electron chi connectivity index (χ2n) is 11.0. The Bertz CT molecular complexity index is 1450. The Morgan fingerprint density at radius 3 is 2.42 bits per heavy atom. The molecule has 196 valence electrons. The van der Waals surface area contributed by atoms with Gasteiger partial charge in [0.05, 0.1) is 18.9 Å². The van der Waals surface area contributed by atoms with E-state index in [9.17, 15) is 4.79 Å². The molecule has 3 aromatic carbocycles. The van der Waals surface area contributed by atoms with E-state index in [1.165, 1.54) is 11.1 Å². The van der Waals surface area contributed by atoms with Gasteiger partial charge in [-0.15, -0.1) is 0 Å². The topological polar surface area (TPSA) is 66.5 Å². The van der Waals surface area contributed by atoms with Gasteiger partial charge in [-0.05, 0) is 58.2 Å². The molecule has 0 radical (unpaired) electrons. The fraction of sp³-hybridized carbons (Fsp3) is 0.312. The van der Waals surface area contributed by atoms with Crippen LogP contribution in [0, 0.1) is 6.92 Å². The summed E-state index contributed by atoms with van der Waals surface area (Å²) in [6.45, 7) is 12.8. The summed E-state index contributed by atoms with van der Waals surface area (Å²) < 4.78 is 5.53. The Balaban J connectivity index is 1.43. The Labute approximate surface area is 225 Å². The molecular weight excluding hydrogens is 472 g/mol. The highest BCUT2D eigenvalue weighted by Crippen LogP contribution is 2.35. The van der Waals surface area contributed by atoms with Gasteiger partial charge in [-0.2, -0.15) is 0 Å². The zero-order chi connectivity index (χ0) is 26.7. The SMILES string of the molecule is Cc1ccc(C(C)(C)C)cc1NC(=O)Nc1ccc(-c2cnccc2CN2CCOCC2)c2ccccc12. The Kier molecular flexibility index (Phi) is 7.45. The normalized spacial score (nSPS) is 14.4. The summed E-state index contributed by atoms with van der Waals surface area (Å²) in [5.41, 5.74) is 7.25. The van der Waals surface area contributed by atoms with Crippen molar-refractivity contribution in [3.05, 3.63) is 89.7 Å². The maximum absolute atomic E-state index is 13.1. The number of anilines is 2. The van der Waals surface area contributed by atoms with Gasteiger partial charge in [-0.1, -0.05) is 63.2 Å². The molecule has 2 heterocycles. The number of amides is 2. The van der Waals surface area contributed by atoms with E-state index in [2.05, 4.69) is 83.8 Å². The van der Waals surface area contributed by atoms with Crippen molar-refractivity contribution in [3.8, 4) is 11.1 Å². The van der Waals surface area contributed by atoms with Gasteiger partial charge in [0.25, 0.3) is 0 Å². The number of rotatable bonds is 5. The number of fused-ring (bicyclic) bond motifs is 1. The molecule has 0 unspecified atom stereocenters. The first kappa shape index (κ1) is 25.9. The number of nitrogens with zero attached hydrogens (tertiary/aromatic N) is 2. The van der Waals surface area contributed by atoms with E-state index in [-0.39, 0.29) is 11.4 Å². The van der Waals surface area contributed by atoms with Crippen molar-refractivity contribution in [1.82, 2.24) is 9.88 Å². The Morgan fingerprint density at radius 1 is 0.921 bits per heavy atom. The first-order chi connectivity index (χ1) is 18.3. The third-order valence-corrected chi connectivity index (χ3v) is 7.22. The highest BCUT2D eigenvalue weighted by atomic mass is 16.5. The van der Waals surface area contributed by atoms with Crippen molar-refractivity contribution in [2.24, 2.45) is 0 Å². The van der Waals surface area contributed by atoms with Gasteiger partial charge >= 0.3 is 6.03 Å². The van der Waals surface area contributed by atoms with Crippen LogP contribution >= 0.6 is 0 Å². The van der Waals surface area contributed by atoms with Crippen LogP contribution in [-0.2, 0) is 16.7 Å². The Hall–Kier alpha value is -3.74. The lowest BCUT2D eigenvalue weighted by atomic mass is 9.86. The summed E-state index contributed by atoms with van der Waals surface area (Å²) in [4.78, 5) is 20.0. The van der Waals surface area contributed by atoms with Crippen molar-refractivity contribution < 1.29 is 9.53 Å². The zero-order valence-electron chi connectivity index (χ0n) is 22.7. The fourth-order valence-electron chi connectivity index (χ4n) is 4.95. The van der Waals surface area contributed by atoms with Crippen LogP contribution in [0.4, 0.5) is 16.2 Å². The molecule has 2 N–H and O–H groups in total. The van der Waals surface area contributed by atoms with Gasteiger partial charge in [0.2, 0.25) is 0 Å². The number of nitrogens with one attached hydrogen (secondary N) is 2. The largest absolute Gasteiger partial charge is 0.379 e. The Morgan fingerprint density at radius 2 is 1.66 bits per heavy atom. The fourth-order valence-corrected chi connectivity index (χ4v) is 4.95. The molecule has 0 spiro atoms. The number of morpholine rings is 1. The number of benzene rings is 3.